The molecular weight excluding hydrogens is 316 g/mol. The standard InChI is InChI=1S/C17H20N8/c1-11-21-22-17-16(18-5-6-25(11)17)24-8-13(9-24)23(2)15-7-14(12-3-4-12)19-10-20-15/h5-7,10,12-13H,3-4,8-9H2,1-2H3. The fraction of sp³-hybridized carbons (Fsp3) is 0.471. The fourth-order valence-electron chi connectivity index (χ4n) is 3.37. The lowest BCUT2D eigenvalue weighted by molar-refractivity contribution is 0.489. The van der Waals surface area contributed by atoms with Gasteiger partial charge in [0, 0.05) is 50.2 Å². The van der Waals surface area contributed by atoms with Crippen molar-refractivity contribution in [3.05, 3.63) is 36.3 Å². The first-order valence-corrected chi connectivity index (χ1v) is 8.67. The van der Waals surface area contributed by atoms with Crippen LogP contribution in [0, 0.1) is 6.92 Å². The Morgan fingerprint density at radius 3 is 2.76 bits per heavy atom. The lowest BCUT2D eigenvalue weighted by Gasteiger charge is -2.44. The van der Waals surface area contributed by atoms with Crippen LogP contribution in [0.5, 0.6) is 0 Å². The average molecular weight is 336 g/mol. The number of aryl methyl sites for hydroxylation is 1. The molecule has 0 amide bonds. The molecule has 1 aliphatic heterocycles. The van der Waals surface area contributed by atoms with Crippen LogP contribution in [0.4, 0.5) is 11.6 Å². The zero-order valence-corrected chi connectivity index (χ0v) is 14.4. The second-order valence-electron chi connectivity index (χ2n) is 6.94. The van der Waals surface area contributed by atoms with Gasteiger partial charge in [0.05, 0.1) is 6.04 Å². The summed E-state index contributed by atoms with van der Waals surface area (Å²) in [6.07, 6.45) is 7.91. The minimum absolute atomic E-state index is 0.410. The van der Waals surface area contributed by atoms with E-state index >= 15 is 0 Å². The van der Waals surface area contributed by atoms with Gasteiger partial charge in [0.15, 0.2) is 5.82 Å². The van der Waals surface area contributed by atoms with E-state index in [9.17, 15) is 0 Å². The predicted octanol–water partition coefficient (Wildman–Crippen LogP) is 1.43. The summed E-state index contributed by atoms with van der Waals surface area (Å²) in [5, 5.41) is 8.41. The van der Waals surface area contributed by atoms with Gasteiger partial charge in [-0.15, -0.1) is 10.2 Å². The molecule has 0 unspecified atom stereocenters. The van der Waals surface area contributed by atoms with Gasteiger partial charge in [0.25, 0.3) is 0 Å². The van der Waals surface area contributed by atoms with Gasteiger partial charge in [0.1, 0.15) is 18.0 Å². The van der Waals surface area contributed by atoms with E-state index in [1.54, 1.807) is 6.33 Å². The van der Waals surface area contributed by atoms with E-state index in [1.165, 1.54) is 18.5 Å². The van der Waals surface area contributed by atoms with Crippen molar-refractivity contribution in [2.45, 2.75) is 31.7 Å². The first kappa shape index (κ1) is 14.6. The molecule has 1 saturated heterocycles. The smallest absolute Gasteiger partial charge is 0.203 e. The van der Waals surface area contributed by atoms with Gasteiger partial charge in [-0.25, -0.2) is 15.0 Å². The molecular formula is C17H20N8. The molecule has 5 rings (SSSR count). The average Bonchev–Trinajstić information content (AvgIpc) is 3.38. The summed E-state index contributed by atoms with van der Waals surface area (Å²) in [4.78, 5) is 17.9. The molecule has 0 spiro atoms. The van der Waals surface area contributed by atoms with E-state index in [0.29, 0.717) is 12.0 Å². The molecule has 128 valence electrons. The van der Waals surface area contributed by atoms with E-state index in [0.717, 1.165) is 36.2 Å². The van der Waals surface area contributed by atoms with Gasteiger partial charge in [-0.05, 0) is 19.8 Å². The van der Waals surface area contributed by atoms with Crippen LogP contribution in [0.2, 0.25) is 0 Å². The largest absolute Gasteiger partial charge is 0.353 e. The van der Waals surface area contributed by atoms with Crippen molar-refractivity contribution in [2.75, 3.05) is 29.9 Å². The van der Waals surface area contributed by atoms with Crippen LogP contribution in [-0.2, 0) is 0 Å². The van der Waals surface area contributed by atoms with E-state index in [4.69, 9.17) is 0 Å². The zero-order valence-electron chi connectivity index (χ0n) is 14.4. The van der Waals surface area contributed by atoms with Crippen LogP contribution in [0.1, 0.15) is 30.3 Å². The molecule has 3 aromatic heterocycles. The number of anilines is 2. The first-order valence-electron chi connectivity index (χ1n) is 8.67. The van der Waals surface area contributed by atoms with Crippen molar-refractivity contribution < 1.29 is 0 Å². The normalized spacial score (nSPS) is 17.8. The maximum absolute atomic E-state index is 4.51. The summed E-state index contributed by atoms with van der Waals surface area (Å²) in [6.45, 7) is 3.75. The number of hydrogen-bond donors (Lipinski definition) is 0. The third-order valence-electron chi connectivity index (χ3n) is 5.22. The number of nitrogens with zero attached hydrogens (tertiary/aromatic N) is 8. The summed E-state index contributed by atoms with van der Waals surface area (Å²) in [6, 6.07) is 2.55. The Kier molecular flexibility index (Phi) is 3.13. The number of fused-ring (bicyclic) bond motifs is 1. The minimum atomic E-state index is 0.410. The highest BCUT2D eigenvalue weighted by molar-refractivity contribution is 5.66. The van der Waals surface area contributed by atoms with Crippen LogP contribution in [0.25, 0.3) is 5.65 Å². The van der Waals surface area contributed by atoms with Crippen LogP contribution >= 0.6 is 0 Å². The van der Waals surface area contributed by atoms with E-state index in [-0.39, 0.29) is 0 Å². The Labute approximate surface area is 145 Å². The summed E-state index contributed by atoms with van der Waals surface area (Å²) in [5.41, 5.74) is 2.00. The summed E-state index contributed by atoms with van der Waals surface area (Å²) < 4.78 is 1.98. The topological polar surface area (TPSA) is 75.3 Å². The lowest BCUT2D eigenvalue weighted by atomic mass is 10.1. The Morgan fingerprint density at radius 2 is 1.96 bits per heavy atom. The first-order chi connectivity index (χ1) is 12.2. The quantitative estimate of drug-likeness (QED) is 0.713. The number of hydrogen-bond acceptors (Lipinski definition) is 7. The van der Waals surface area contributed by atoms with Crippen molar-refractivity contribution in [1.82, 2.24) is 29.5 Å². The molecule has 0 aromatic carbocycles. The van der Waals surface area contributed by atoms with Crippen molar-refractivity contribution in [3.63, 3.8) is 0 Å². The SMILES string of the molecule is Cc1nnc2c(N3CC(N(C)c4cc(C5CC5)ncn4)C3)nccn12. The van der Waals surface area contributed by atoms with E-state index in [1.807, 2.05) is 23.7 Å². The molecule has 0 atom stereocenters. The molecule has 4 heterocycles. The number of rotatable bonds is 4. The summed E-state index contributed by atoms with van der Waals surface area (Å²) in [7, 11) is 2.11. The zero-order chi connectivity index (χ0) is 17.0. The number of likely N-dealkylation sites (N-methyl/N-ethyl adjacent to an activating group) is 1. The molecule has 3 aromatic rings. The van der Waals surface area contributed by atoms with Crippen molar-refractivity contribution in [2.24, 2.45) is 0 Å². The van der Waals surface area contributed by atoms with Gasteiger partial charge in [0.2, 0.25) is 5.65 Å². The van der Waals surface area contributed by atoms with Crippen molar-refractivity contribution in [3.8, 4) is 0 Å². The van der Waals surface area contributed by atoms with E-state index < -0.39 is 0 Å². The van der Waals surface area contributed by atoms with Crippen molar-refractivity contribution in [1.29, 1.82) is 0 Å². The van der Waals surface area contributed by atoms with E-state index in [2.05, 4.69) is 48.1 Å². The molecule has 2 aliphatic rings. The van der Waals surface area contributed by atoms with Gasteiger partial charge in [-0.1, -0.05) is 0 Å². The minimum Gasteiger partial charge on any atom is -0.353 e. The third-order valence-corrected chi connectivity index (χ3v) is 5.22. The Balaban J connectivity index is 1.33. The monoisotopic (exact) mass is 336 g/mol. The Morgan fingerprint density at radius 1 is 1.12 bits per heavy atom. The van der Waals surface area contributed by atoms with Gasteiger partial charge < -0.3 is 9.80 Å². The molecule has 2 fully saturated rings. The molecule has 0 bridgehead atoms. The molecule has 0 N–H and O–H groups in total. The third kappa shape index (κ3) is 2.40. The van der Waals surface area contributed by atoms with Crippen LogP contribution in [0.15, 0.2) is 24.8 Å². The second-order valence-corrected chi connectivity index (χ2v) is 6.94. The molecule has 1 aliphatic carbocycles. The second kappa shape index (κ2) is 5.37. The lowest BCUT2D eigenvalue weighted by Crippen LogP contribution is -2.59. The highest BCUT2D eigenvalue weighted by Gasteiger charge is 2.34. The maximum Gasteiger partial charge on any atom is 0.203 e. The summed E-state index contributed by atoms with van der Waals surface area (Å²) in [5.74, 6) is 3.42. The molecule has 25 heavy (non-hydrogen) atoms. The molecule has 8 heteroatoms. The van der Waals surface area contributed by atoms with Crippen LogP contribution in [0.3, 0.4) is 0 Å². The van der Waals surface area contributed by atoms with Gasteiger partial charge >= 0.3 is 0 Å². The van der Waals surface area contributed by atoms with Crippen LogP contribution < -0.4 is 9.80 Å². The Hall–Kier alpha value is -2.77. The number of aromatic nitrogens is 6. The molecule has 8 nitrogen and oxygen atoms in total. The van der Waals surface area contributed by atoms with Gasteiger partial charge in [-0.3, -0.25) is 4.40 Å². The Bertz CT molecular complexity index is 925. The molecule has 0 radical (unpaired) electrons. The van der Waals surface area contributed by atoms with Crippen LogP contribution in [-0.4, -0.2) is 55.7 Å². The fourth-order valence-corrected chi connectivity index (χ4v) is 3.37. The highest BCUT2D eigenvalue weighted by Crippen LogP contribution is 2.39. The predicted molar refractivity (Wildman–Crippen MR) is 93.9 cm³/mol. The highest BCUT2D eigenvalue weighted by atomic mass is 15.4. The van der Waals surface area contributed by atoms with Crippen molar-refractivity contribution >= 4 is 17.3 Å². The van der Waals surface area contributed by atoms with Gasteiger partial charge in [-0.2, -0.15) is 0 Å². The maximum atomic E-state index is 4.51. The molecule has 1 saturated carbocycles. The summed E-state index contributed by atoms with van der Waals surface area (Å²) >= 11 is 0.